The van der Waals surface area contributed by atoms with E-state index in [4.69, 9.17) is 9.47 Å². The third kappa shape index (κ3) is 16.2. The van der Waals surface area contributed by atoms with E-state index >= 15 is 0 Å². The zero-order valence-corrected chi connectivity index (χ0v) is 23.7. The van der Waals surface area contributed by atoms with E-state index in [1.165, 1.54) is 77.0 Å². The van der Waals surface area contributed by atoms with E-state index in [2.05, 4.69) is 13.8 Å². The largest absolute Gasteiger partial charge is 0.476 e. The van der Waals surface area contributed by atoms with Crippen LogP contribution in [0.1, 0.15) is 124 Å². The minimum atomic E-state index is -1.75. The average Bonchev–Trinajstić information content (AvgIpc) is 2.81. The SMILES string of the molecule is CCCCCCCCCCCSC(CCCCCC)C(C)OCC(OCCC)([PH+]=O)C(=O)O. The number of carboxylic acid groups (broad SMARTS) is 1. The molecule has 0 aliphatic rings. The number of aliphatic carboxylic acids is 1. The lowest BCUT2D eigenvalue weighted by atomic mass is 10.1. The van der Waals surface area contributed by atoms with Gasteiger partial charge in [0, 0.05) is 5.25 Å². The molecule has 0 aromatic rings. The Bertz CT molecular complexity index is 480. The highest BCUT2D eigenvalue weighted by molar-refractivity contribution is 7.99. The molecule has 196 valence electrons. The van der Waals surface area contributed by atoms with Crippen molar-refractivity contribution in [2.75, 3.05) is 19.0 Å². The summed E-state index contributed by atoms with van der Waals surface area (Å²) in [7, 11) is -1.10. The van der Waals surface area contributed by atoms with Crippen molar-refractivity contribution in [2.24, 2.45) is 0 Å². The second kappa shape index (κ2) is 22.3. The molecule has 0 spiro atoms. The van der Waals surface area contributed by atoms with E-state index in [1.807, 2.05) is 25.6 Å². The summed E-state index contributed by atoms with van der Waals surface area (Å²) in [5.41, 5.74) is 0. The topological polar surface area (TPSA) is 72.8 Å². The van der Waals surface area contributed by atoms with Crippen molar-refractivity contribution in [3.63, 3.8) is 0 Å². The third-order valence-corrected chi connectivity index (χ3v) is 8.46. The van der Waals surface area contributed by atoms with Crippen LogP contribution >= 0.6 is 20.2 Å². The normalized spacial score (nSPS) is 15.4. The van der Waals surface area contributed by atoms with E-state index < -0.39 is 19.8 Å². The Morgan fingerprint density at radius 2 is 1.42 bits per heavy atom. The second-order valence-corrected chi connectivity index (χ2v) is 11.5. The molecule has 4 atom stereocenters. The molecule has 1 N–H and O–H groups in total. The van der Waals surface area contributed by atoms with Crippen LogP contribution in [0.25, 0.3) is 0 Å². The Kier molecular flexibility index (Phi) is 22.2. The molecule has 0 saturated carbocycles. The minimum Gasteiger partial charge on any atom is -0.476 e. The van der Waals surface area contributed by atoms with Gasteiger partial charge in [-0.1, -0.05) is 102 Å². The lowest BCUT2D eigenvalue weighted by Gasteiger charge is -2.26. The van der Waals surface area contributed by atoms with E-state index in [9.17, 15) is 14.5 Å². The van der Waals surface area contributed by atoms with Gasteiger partial charge in [-0.05, 0) is 31.9 Å². The molecular formula is C26H52O5PS+. The van der Waals surface area contributed by atoms with Crippen molar-refractivity contribution >= 4 is 26.2 Å². The molecule has 33 heavy (non-hydrogen) atoms. The number of rotatable bonds is 25. The summed E-state index contributed by atoms with van der Waals surface area (Å²) in [6, 6.07) is 0. The summed E-state index contributed by atoms with van der Waals surface area (Å²) in [6.45, 7) is 8.48. The maximum Gasteiger partial charge on any atom is 0.390 e. The number of ether oxygens (including phenoxy) is 2. The molecule has 0 radical (unpaired) electrons. The van der Waals surface area contributed by atoms with Crippen molar-refractivity contribution in [3.8, 4) is 0 Å². The van der Waals surface area contributed by atoms with E-state index in [-0.39, 0.29) is 19.3 Å². The fourth-order valence-corrected chi connectivity index (χ4v) is 5.52. The highest BCUT2D eigenvalue weighted by Gasteiger charge is 2.50. The van der Waals surface area contributed by atoms with Crippen molar-refractivity contribution in [2.45, 2.75) is 141 Å². The molecule has 0 amide bonds. The molecule has 5 nitrogen and oxygen atoms in total. The van der Waals surface area contributed by atoms with Gasteiger partial charge in [0.2, 0.25) is 0 Å². The first-order valence-corrected chi connectivity index (χ1v) is 15.4. The lowest BCUT2D eigenvalue weighted by Crippen LogP contribution is -2.43. The first-order chi connectivity index (χ1) is 16.0. The van der Waals surface area contributed by atoms with Crippen LogP contribution in [-0.2, 0) is 18.8 Å². The van der Waals surface area contributed by atoms with Crippen molar-refractivity contribution < 1.29 is 23.9 Å². The monoisotopic (exact) mass is 507 g/mol. The minimum absolute atomic E-state index is 0.101. The molecule has 0 aliphatic carbocycles. The Morgan fingerprint density at radius 1 is 0.879 bits per heavy atom. The summed E-state index contributed by atoms with van der Waals surface area (Å²) in [5.74, 6) is -0.0971. The van der Waals surface area contributed by atoms with Gasteiger partial charge in [0.25, 0.3) is 0 Å². The molecule has 4 unspecified atom stereocenters. The van der Waals surface area contributed by atoms with Crippen LogP contribution < -0.4 is 0 Å². The van der Waals surface area contributed by atoms with Gasteiger partial charge < -0.3 is 14.6 Å². The third-order valence-electron chi connectivity index (χ3n) is 6.06. The zero-order valence-electron chi connectivity index (χ0n) is 21.9. The van der Waals surface area contributed by atoms with Crippen molar-refractivity contribution in [1.29, 1.82) is 0 Å². The average molecular weight is 508 g/mol. The van der Waals surface area contributed by atoms with Gasteiger partial charge >= 0.3 is 19.8 Å². The van der Waals surface area contributed by atoms with Crippen molar-refractivity contribution in [3.05, 3.63) is 0 Å². The fourth-order valence-electron chi connectivity index (χ4n) is 3.77. The first kappa shape index (κ1) is 32.8. The van der Waals surface area contributed by atoms with Gasteiger partial charge in [0.05, 0.1) is 12.7 Å². The summed E-state index contributed by atoms with van der Waals surface area (Å²) in [4.78, 5) is 11.8. The Labute approximate surface area is 209 Å². The van der Waals surface area contributed by atoms with Crippen molar-refractivity contribution in [1.82, 2.24) is 0 Å². The van der Waals surface area contributed by atoms with Crippen LogP contribution in [0.3, 0.4) is 0 Å². The van der Waals surface area contributed by atoms with E-state index in [0.717, 1.165) is 18.6 Å². The maximum absolute atomic E-state index is 11.8. The molecule has 7 heteroatoms. The summed E-state index contributed by atoms with van der Waals surface area (Å²) in [6.07, 6.45) is 18.4. The van der Waals surface area contributed by atoms with E-state index in [1.54, 1.807) is 0 Å². The number of carbonyl (C=O) groups is 1. The molecule has 0 aromatic heterocycles. The summed E-state index contributed by atoms with van der Waals surface area (Å²) < 4.78 is 23.2. The number of carboxylic acids is 1. The lowest BCUT2D eigenvalue weighted by molar-refractivity contribution is -0.162. The van der Waals surface area contributed by atoms with Gasteiger partial charge in [0.1, 0.15) is 6.61 Å². The van der Waals surface area contributed by atoms with Gasteiger partial charge in [0.15, 0.2) is 0 Å². The van der Waals surface area contributed by atoms with Crippen LogP contribution in [0.15, 0.2) is 0 Å². The summed E-state index contributed by atoms with van der Waals surface area (Å²) in [5, 5.41) is 8.18. The standard InChI is InChI=1S/C26H51O5PS/c1-5-8-10-12-13-14-15-16-18-21-33-24(19-17-11-9-6-2)23(4)30-22-26(32-29,25(27)28)31-20-7-3/h23-24H,5-22H2,1-4H3,(H,27,28)/p+1. The first-order valence-electron chi connectivity index (χ1n) is 13.5. The van der Waals surface area contributed by atoms with Crippen LogP contribution in [0.5, 0.6) is 0 Å². The Morgan fingerprint density at radius 3 is 1.94 bits per heavy atom. The van der Waals surface area contributed by atoms with Crippen LogP contribution in [0, 0.1) is 0 Å². The summed E-state index contributed by atoms with van der Waals surface area (Å²) >= 11 is 1.96. The zero-order chi connectivity index (χ0) is 24.8. The van der Waals surface area contributed by atoms with Gasteiger partial charge in [-0.15, -0.1) is 0 Å². The molecule has 0 aliphatic heterocycles. The predicted molar refractivity (Wildman–Crippen MR) is 143 cm³/mol. The smallest absolute Gasteiger partial charge is 0.390 e. The fraction of sp³-hybridized carbons (Fsp3) is 0.962. The van der Waals surface area contributed by atoms with Crippen LogP contribution in [-0.4, -0.2) is 46.7 Å². The molecule has 0 saturated heterocycles. The van der Waals surface area contributed by atoms with Crippen LogP contribution in [0.2, 0.25) is 0 Å². The Balaban J connectivity index is 4.53. The highest BCUT2D eigenvalue weighted by Crippen LogP contribution is 2.30. The van der Waals surface area contributed by atoms with Gasteiger partial charge in [-0.3, -0.25) is 0 Å². The molecule has 0 bridgehead atoms. The van der Waals surface area contributed by atoms with Gasteiger partial charge in [-0.2, -0.15) is 11.8 Å². The molecule has 0 heterocycles. The predicted octanol–water partition coefficient (Wildman–Crippen LogP) is 8.23. The molecule has 0 aromatic carbocycles. The van der Waals surface area contributed by atoms with Gasteiger partial charge in [-0.25, -0.2) is 4.79 Å². The Hall–Kier alpha value is -0.160. The number of hydrogen-bond acceptors (Lipinski definition) is 5. The molecule has 0 fully saturated rings. The highest BCUT2D eigenvalue weighted by atomic mass is 32.2. The van der Waals surface area contributed by atoms with Crippen LogP contribution in [0.4, 0.5) is 0 Å². The molecule has 0 rings (SSSR count). The second-order valence-electron chi connectivity index (χ2n) is 9.19. The maximum atomic E-state index is 11.8. The van der Waals surface area contributed by atoms with E-state index in [0.29, 0.717) is 11.7 Å². The number of thioether (sulfide) groups is 1. The number of unbranched alkanes of at least 4 members (excludes halogenated alkanes) is 11. The number of hydrogen-bond donors (Lipinski definition) is 1. The quantitative estimate of drug-likeness (QED) is 0.0991. The molecular weight excluding hydrogens is 455 g/mol.